The molecule has 1 aromatic heterocycles. The molecule has 1 unspecified atom stereocenters. The second-order valence-electron chi connectivity index (χ2n) is 5.48. The molecule has 3 N–H and O–H groups in total. The zero-order valence-corrected chi connectivity index (χ0v) is 14.2. The molecule has 0 aliphatic rings. The van der Waals surface area contributed by atoms with Gasteiger partial charge in [0.25, 0.3) is 0 Å². The summed E-state index contributed by atoms with van der Waals surface area (Å²) in [6.45, 7) is 0.158. The maximum absolute atomic E-state index is 14.1. The third-order valence-corrected chi connectivity index (χ3v) is 3.50. The first-order valence-electron chi connectivity index (χ1n) is 7.76. The fourth-order valence-electron chi connectivity index (χ4n) is 2.06. The molecular formula is C17H17F4N3O3. The van der Waals surface area contributed by atoms with Crippen LogP contribution in [0.2, 0.25) is 0 Å². The number of hydrogen-bond acceptors (Lipinski definition) is 5. The van der Waals surface area contributed by atoms with Crippen LogP contribution in [0.1, 0.15) is 12.0 Å². The summed E-state index contributed by atoms with van der Waals surface area (Å²) < 4.78 is 61.7. The van der Waals surface area contributed by atoms with E-state index in [1.54, 1.807) is 0 Å². The SMILES string of the molecule is COC(CN)CC(=O)Nc1ccc(Oc2ccc(C(F)(F)F)cn2)c(F)c1. The number of amides is 1. The van der Waals surface area contributed by atoms with Crippen molar-refractivity contribution >= 4 is 11.6 Å². The highest BCUT2D eigenvalue weighted by Gasteiger charge is 2.30. The topological polar surface area (TPSA) is 86.5 Å². The zero-order valence-electron chi connectivity index (χ0n) is 14.2. The van der Waals surface area contributed by atoms with Gasteiger partial charge in [0.05, 0.1) is 18.1 Å². The molecule has 0 saturated carbocycles. The summed E-state index contributed by atoms with van der Waals surface area (Å²) in [4.78, 5) is 15.3. The molecule has 0 aliphatic heterocycles. The molecule has 0 fully saturated rings. The predicted octanol–water partition coefficient (Wildman–Crippen LogP) is 3.33. The lowest BCUT2D eigenvalue weighted by atomic mass is 10.2. The van der Waals surface area contributed by atoms with Gasteiger partial charge in [0.2, 0.25) is 11.8 Å². The van der Waals surface area contributed by atoms with E-state index in [2.05, 4.69) is 10.3 Å². The minimum atomic E-state index is -4.53. The number of ether oxygens (including phenoxy) is 2. The Hall–Kier alpha value is -2.72. The Kier molecular flexibility index (Phi) is 6.70. The van der Waals surface area contributed by atoms with Crippen LogP contribution in [0.5, 0.6) is 11.6 Å². The van der Waals surface area contributed by atoms with Crippen molar-refractivity contribution < 1.29 is 31.8 Å². The molecule has 0 aliphatic carbocycles. The van der Waals surface area contributed by atoms with E-state index in [1.165, 1.54) is 19.2 Å². The smallest absolute Gasteiger partial charge is 0.417 e. The van der Waals surface area contributed by atoms with Gasteiger partial charge in [0.1, 0.15) is 0 Å². The Bertz CT molecular complexity index is 778. The number of benzene rings is 1. The number of aromatic nitrogens is 1. The van der Waals surface area contributed by atoms with Crippen LogP contribution in [-0.2, 0) is 15.7 Å². The number of hydrogen-bond donors (Lipinski definition) is 2. The molecule has 1 atom stereocenters. The number of carbonyl (C=O) groups is 1. The van der Waals surface area contributed by atoms with Crippen LogP contribution in [0.15, 0.2) is 36.5 Å². The lowest BCUT2D eigenvalue weighted by Crippen LogP contribution is -2.28. The summed E-state index contributed by atoms with van der Waals surface area (Å²) in [6.07, 6.45) is -4.39. The van der Waals surface area contributed by atoms with Gasteiger partial charge in [-0.3, -0.25) is 4.79 Å². The highest BCUT2D eigenvalue weighted by molar-refractivity contribution is 5.91. The van der Waals surface area contributed by atoms with E-state index >= 15 is 0 Å². The number of rotatable bonds is 7. The Morgan fingerprint density at radius 2 is 2.04 bits per heavy atom. The molecule has 0 spiro atoms. The van der Waals surface area contributed by atoms with Crippen molar-refractivity contribution in [3.63, 3.8) is 0 Å². The zero-order chi connectivity index (χ0) is 20.0. The van der Waals surface area contributed by atoms with E-state index in [1.807, 2.05) is 0 Å². The number of carbonyl (C=O) groups excluding carboxylic acids is 1. The maximum atomic E-state index is 14.1. The summed E-state index contributed by atoms with van der Waals surface area (Å²) in [6, 6.07) is 5.38. The minimum Gasteiger partial charge on any atom is -0.436 e. The molecule has 1 aromatic carbocycles. The summed E-state index contributed by atoms with van der Waals surface area (Å²) in [5, 5.41) is 2.49. The van der Waals surface area contributed by atoms with E-state index in [0.29, 0.717) is 6.20 Å². The van der Waals surface area contributed by atoms with Gasteiger partial charge in [-0.2, -0.15) is 13.2 Å². The van der Waals surface area contributed by atoms with Crippen LogP contribution in [0.25, 0.3) is 0 Å². The van der Waals surface area contributed by atoms with Gasteiger partial charge in [-0.15, -0.1) is 0 Å². The number of methoxy groups -OCH3 is 1. The summed E-state index contributed by atoms with van der Waals surface area (Å²) in [5.41, 5.74) is 4.66. The number of alkyl halides is 3. The predicted molar refractivity (Wildman–Crippen MR) is 88.8 cm³/mol. The van der Waals surface area contributed by atoms with Crippen molar-refractivity contribution in [3.8, 4) is 11.6 Å². The summed E-state index contributed by atoms with van der Waals surface area (Å²) in [5.74, 6) is -1.69. The number of pyridine rings is 1. The van der Waals surface area contributed by atoms with E-state index in [-0.39, 0.29) is 30.3 Å². The molecule has 1 heterocycles. The first-order chi connectivity index (χ1) is 12.7. The molecule has 0 saturated heterocycles. The van der Waals surface area contributed by atoms with Gasteiger partial charge in [-0.05, 0) is 18.2 Å². The molecule has 146 valence electrons. The van der Waals surface area contributed by atoms with Crippen LogP contribution < -0.4 is 15.8 Å². The van der Waals surface area contributed by atoms with Gasteiger partial charge in [-0.1, -0.05) is 0 Å². The molecule has 1 amide bonds. The Morgan fingerprint density at radius 1 is 1.30 bits per heavy atom. The van der Waals surface area contributed by atoms with Gasteiger partial charge >= 0.3 is 6.18 Å². The molecule has 0 bridgehead atoms. The lowest BCUT2D eigenvalue weighted by molar-refractivity contribution is -0.137. The first kappa shape index (κ1) is 20.6. The van der Waals surface area contributed by atoms with E-state index < -0.39 is 29.6 Å². The van der Waals surface area contributed by atoms with E-state index in [0.717, 1.165) is 18.2 Å². The van der Waals surface area contributed by atoms with Crippen LogP contribution >= 0.6 is 0 Å². The molecule has 6 nitrogen and oxygen atoms in total. The maximum Gasteiger partial charge on any atom is 0.417 e. The van der Waals surface area contributed by atoms with Crippen molar-refractivity contribution in [3.05, 3.63) is 47.9 Å². The largest absolute Gasteiger partial charge is 0.436 e. The lowest BCUT2D eigenvalue weighted by Gasteiger charge is -2.13. The van der Waals surface area contributed by atoms with Crippen LogP contribution in [0.3, 0.4) is 0 Å². The van der Waals surface area contributed by atoms with Crippen molar-refractivity contribution in [1.29, 1.82) is 0 Å². The van der Waals surface area contributed by atoms with Gasteiger partial charge in [-0.25, -0.2) is 9.37 Å². The highest BCUT2D eigenvalue weighted by Crippen LogP contribution is 2.31. The molecule has 2 rings (SSSR count). The number of halogens is 4. The van der Waals surface area contributed by atoms with Gasteiger partial charge in [0, 0.05) is 37.7 Å². The highest BCUT2D eigenvalue weighted by atomic mass is 19.4. The van der Waals surface area contributed by atoms with Gasteiger partial charge in [0.15, 0.2) is 11.6 Å². The average molecular weight is 387 g/mol. The Morgan fingerprint density at radius 3 is 2.56 bits per heavy atom. The second-order valence-corrected chi connectivity index (χ2v) is 5.48. The van der Waals surface area contributed by atoms with Crippen molar-refractivity contribution in [2.75, 3.05) is 19.0 Å². The quantitative estimate of drug-likeness (QED) is 0.712. The standard InChI is InChI=1S/C17H17F4N3O3/c1-26-12(8-22)7-15(25)24-11-3-4-14(13(18)6-11)27-16-5-2-10(9-23-16)17(19,20)21/h2-6,9,12H,7-8,22H2,1H3,(H,24,25). The molecule has 27 heavy (non-hydrogen) atoms. The number of anilines is 1. The Labute approximate surface area is 152 Å². The summed E-state index contributed by atoms with van der Waals surface area (Å²) >= 11 is 0. The van der Waals surface area contributed by atoms with E-state index in [9.17, 15) is 22.4 Å². The minimum absolute atomic E-state index is 0.00233. The molecule has 2 aromatic rings. The van der Waals surface area contributed by atoms with Crippen molar-refractivity contribution in [1.82, 2.24) is 4.98 Å². The second kappa shape index (κ2) is 8.78. The number of nitrogens with one attached hydrogen (secondary N) is 1. The van der Waals surface area contributed by atoms with Crippen LogP contribution in [0, 0.1) is 5.82 Å². The third kappa shape index (κ3) is 5.90. The van der Waals surface area contributed by atoms with Crippen molar-refractivity contribution in [2.45, 2.75) is 18.7 Å². The molecular weight excluding hydrogens is 370 g/mol. The summed E-state index contributed by atoms with van der Waals surface area (Å²) in [7, 11) is 1.42. The fraction of sp³-hybridized carbons (Fsp3) is 0.294. The normalized spacial score (nSPS) is 12.5. The van der Waals surface area contributed by atoms with Crippen LogP contribution in [-0.4, -0.2) is 30.6 Å². The molecule has 10 heteroatoms. The number of nitrogens with zero attached hydrogens (tertiary/aromatic N) is 1. The van der Waals surface area contributed by atoms with Crippen LogP contribution in [0.4, 0.5) is 23.2 Å². The average Bonchev–Trinajstić information content (AvgIpc) is 2.61. The van der Waals surface area contributed by atoms with E-state index in [4.69, 9.17) is 15.2 Å². The fourth-order valence-corrected chi connectivity index (χ4v) is 2.06. The number of nitrogens with two attached hydrogens (primary N) is 1. The molecule has 0 radical (unpaired) electrons. The Balaban J connectivity index is 2.03. The third-order valence-electron chi connectivity index (χ3n) is 3.50. The van der Waals surface area contributed by atoms with Crippen molar-refractivity contribution in [2.24, 2.45) is 5.73 Å². The first-order valence-corrected chi connectivity index (χ1v) is 7.76. The van der Waals surface area contributed by atoms with Gasteiger partial charge < -0.3 is 20.5 Å². The monoisotopic (exact) mass is 387 g/mol.